The van der Waals surface area contributed by atoms with Crippen LogP contribution >= 0.6 is 0 Å². The number of nitrogens with zero attached hydrogens (tertiary/aromatic N) is 2. The van der Waals surface area contributed by atoms with Crippen molar-refractivity contribution in [3.05, 3.63) is 47.7 Å². The first-order valence-electron chi connectivity index (χ1n) is 11.4. The summed E-state index contributed by atoms with van der Waals surface area (Å²) in [7, 11) is 1.65. The molecule has 1 aliphatic rings. The van der Waals surface area contributed by atoms with Crippen LogP contribution in [0.4, 0.5) is 0 Å². The molecule has 1 fully saturated rings. The van der Waals surface area contributed by atoms with Crippen LogP contribution in [0.25, 0.3) is 22.4 Å². The van der Waals surface area contributed by atoms with Crippen molar-refractivity contribution in [1.29, 1.82) is 0 Å². The fraction of sp³-hybridized carbons (Fsp3) is 0.423. The Balaban J connectivity index is 1.52. The Bertz CT molecular complexity index is 1080. The van der Waals surface area contributed by atoms with Gasteiger partial charge in [-0.3, -0.25) is 10.00 Å². The minimum absolute atomic E-state index is 0.183. The fourth-order valence-electron chi connectivity index (χ4n) is 4.52. The maximum Gasteiger partial charge on any atom is 0.131 e. The summed E-state index contributed by atoms with van der Waals surface area (Å²) >= 11 is 0. The number of benzene rings is 2. The predicted molar refractivity (Wildman–Crippen MR) is 129 cm³/mol. The molecule has 0 unspecified atom stereocenters. The molecule has 2 atom stereocenters. The Morgan fingerprint density at radius 2 is 1.79 bits per heavy atom. The lowest BCUT2D eigenvalue weighted by atomic mass is 9.97. The molecule has 4 rings (SSSR count). The number of rotatable bonds is 7. The molecule has 1 saturated heterocycles. The van der Waals surface area contributed by atoms with Gasteiger partial charge in [0.2, 0.25) is 0 Å². The molecular weight excluding hydrogens is 418 g/mol. The third-order valence-electron chi connectivity index (χ3n) is 6.12. The number of aryl methyl sites for hydroxylation is 1. The van der Waals surface area contributed by atoms with Crippen molar-refractivity contribution in [2.24, 2.45) is 0 Å². The van der Waals surface area contributed by atoms with Gasteiger partial charge in [0.05, 0.1) is 19.3 Å². The third kappa shape index (κ3) is 4.99. The summed E-state index contributed by atoms with van der Waals surface area (Å²) < 4.78 is 17.1. The van der Waals surface area contributed by atoms with Crippen LogP contribution < -0.4 is 9.47 Å². The molecule has 1 aliphatic heterocycles. The van der Waals surface area contributed by atoms with Gasteiger partial charge in [0.25, 0.3) is 0 Å². The quantitative estimate of drug-likeness (QED) is 0.548. The van der Waals surface area contributed by atoms with Crippen LogP contribution in [0.3, 0.4) is 0 Å². The van der Waals surface area contributed by atoms with Crippen molar-refractivity contribution >= 4 is 0 Å². The zero-order valence-electron chi connectivity index (χ0n) is 20.0. The molecule has 176 valence electrons. The molecule has 2 aromatic carbocycles. The van der Waals surface area contributed by atoms with E-state index in [1.165, 1.54) is 0 Å². The van der Waals surface area contributed by atoms with Crippen LogP contribution in [0, 0.1) is 13.8 Å². The number of aromatic nitrogens is 2. The van der Waals surface area contributed by atoms with Gasteiger partial charge in [-0.1, -0.05) is 12.1 Å². The second-order valence-electron chi connectivity index (χ2n) is 8.75. The molecule has 0 radical (unpaired) electrons. The van der Waals surface area contributed by atoms with Gasteiger partial charge < -0.3 is 19.3 Å². The molecule has 2 N–H and O–H groups in total. The Morgan fingerprint density at radius 3 is 2.45 bits per heavy atom. The van der Waals surface area contributed by atoms with Gasteiger partial charge in [-0.2, -0.15) is 5.10 Å². The SMILES string of the molecule is COc1ccc(-c2c(-c3ccc(OCCN4C[C@H](C)O[C@@H](C)C4)c(C)c3O)n[nH]c2C)cc1. The zero-order chi connectivity index (χ0) is 23.5. The van der Waals surface area contributed by atoms with Crippen molar-refractivity contribution in [1.82, 2.24) is 15.1 Å². The van der Waals surface area contributed by atoms with E-state index in [0.29, 0.717) is 29.2 Å². The lowest BCUT2D eigenvalue weighted by Gasteiger charge is -2.35. The number of phenols is 1. The molecule has 1 aromatic heterocycles. The number of nitrogens with one attached hydrogen (secondary N) is 1. The molecule has 0 spiro atoms. The molecule has 7 nitrogen and oxygen atoms in total. The Morgan fingerprint density at radius 1 is 1.09 bits per heavy atom. The highest BCUT2D eigenvalue weighted by molar-refractivity contribution is 5.86. The van der Waals surface area contributed by atoms with Crippen LogP contribution in [-0.4, -0.2) is 65.8 Å². The van der Waals surface area contributed by atoms with Crippen LogP contribution in [-0.2, 0) is 4.74 Å². The number of aromatic amines is 1. The van der Waals surface area contributed by atoms with Crippen molar-refractivity contribution in [3.63, 3.8) is 0 Å². The third-order valence-corrected chi connectivity index (χ3v) is 6.12. The summed E-state index contributed by atoms with van der Waals surface area (Å²) in [6.45, 7) is 11.2. The smallest absolute Gasteiger partial charge is 0.131 e. The molecule has 0 saturated carbocycles. The lowest BCUT2D eigenvalue weighted by molar-refractivity contribution is -0.0699. The summed E-state index contributed by atoms with van der Waals surface area (Å²) in [4.78, 5) is 2.36. The van der Waals surface area contributed by atoms with E-state index in [1.54, 1.807) is 7.11 Å². The van der Waals surface area contributed by atoms with E-state index < -0.39 is 0 Å². The van der Waals surface area contributed by atoms with Gasteiger partial charge in [0.1, 0.15) is 29.5 Å². The van der Waals surface area contributed by atoms with Crippen LogP contribution in [0.1, 0.15) is 25.1 Å². The summed E-state index contributed by atoms with van der Waals surface area (Å²) in [5.74, 6) is 1.66. The second kappa shape index (κ2) is 9.85. The van der Waals surface area contributed by atoms with E-state index in [-0.39, 0.29) is 18.0 Å². The van der Waals surface area contributed by atoms with Gasteiger partial charge in [-0.15, -0.1) is 0 Å². The fourth-order valence-corrected chi connectivity index (χ4v) is 4.52. The standard InChI is InChI=1S/C26H33N3O4/c1-16-14-29(15-17(2)33-16)12-13-32-23-11-10-22(26(30)18(23)3)25-24(19(4)27-28-25)20-6-8-21(31-5)9-7-20/h6-11,16-17,30H,12-15H2,1-5H3,(H,27,28)/t16-,17-/m0/s1. The summed E-state index contributed by atoms with van der Waals surface area (Å²) in [5.41, 5.74) is 4.98. The minimum atomic E-state index is 0.183. The highest BCUT2D eigenvalue weighted by Crippen LogP contribution is 2.41. The van der Waals surface area contributed by atoms with Crippen molar-refractivity contribution in [2.75, 3.05) is 33.4 Å². The van der Waals surface area contributed by atoms with Gasteiger partial charge in [0.15, 0.2) is 0 Å². The van der Waals surface area contributed by atoms with Crippen LogP contribution in [0.15, 0.2) is 36.4 Å². The Labute approximate surface area is 195 Å². The maximum absolute atomic E-state index is 11.0. The average Bonchev–Trinajstić information content (AvgIpc) is 3.17. The van der Waals surface area contributed by atoms with E-state index in [1.807, 2.05) is 50.2 Å². The van der Waals surface area contributed by atoms with Gasteiger partial charge in [-0.25, -0.2) is 0 Å². The van der Waals surface area contributed by atoms with Crippen molar-refractivity contribution in [3.8, 4) is 39.6 Å². The monoisotopic (exact) mass is 451 g/mol. The first kappa shape index (κ1) is 23.1. The average molecular weight is 452 g/mol. The molecule has 33 heavy (non-hydrogen) atoms. The number of methoxy groups -OCH3 is 1. The molecule has 0 aliphatic carbocycles. The van der Waals surface area contributed by atoms with E-state index in [2.05, 4.69) is 28.9 Å². The number of hydrogen-bond donors (Lipinski definition) is 2. The molecule has 2 heterocycles. The predicted octanol–water partition coefficient (Wildman–Crippen LogP) is 4.56. The second-order valence-corrected chi connectivity index (χ2v) is 8.75. The largest absolute Gasteiger partial charge is 0.507 e. The van der Waals surface area contributed by atoms with Crippen LogP contribution in [0.2, 0.25) is 0 Å². The van der Waals surface area contributed by atoms with E-state index >= 15 is 0 Å². The molecule has 3 aromatic rings. The number of ether oxygens (including phenoxy) is 3. The molecule has 0 bridgehead atoms. The first-order valence-corrected chi connectivity index (χ1v) is 11.4. The number of hydrogen-bond acceptors (Lipinski definition) is 6. The number of phenolic OH excluding ortho intramolecular Hbond substituents is 1. The highest BCUT2D eigenvalue weighted by atomic mass is 16.5. The van der Waals surface area contributed by atoms with E-state index in [4.69, 9.17) is 14.2 Å². The molecule has 0 amide bonds. The minimum Gasteiger partial charge on any atom is -0.507 e. The van der Waals surface area contributed by atoms with Crippen molar-refractivity contribution < 1.29 is 19.3 Å². The normalized spacial score (nSPS) is 18.9. The van der Waals surface area contributed by atoms with E-state index in [9.17, 15) is 5.11 Å². The highest BCUT2D eigenvalue weighted by Gasteiger charge is 2.23. The Hall–Kier alpha value is -3.03. The summed E-state index contributed by atoms with van der Waals surface area (Å²) in [6, 6.07) is 11.6. The lowest BCUT2D eigenvalue weighted by Crippen LogP contribution is -2.46. The first-order chi connectivity index (χ1) is 15.9. The van der Waals surface area contributed by atoms with Gasteiger partial charge in [-0.05, 0) is 57.5 Å². The Kier molecular flexibility index (Phi) is 6.91. The summed E-state index contributed by atoms with van der Waals surface area (Å²) in [6.07, 6.45) is 0.465. The number of aromatic hydroxyl groups is 1. The van der Waals surface area contributed by atoms with E-state index in [0.717, 1.165) is 42.2 Å². The zero-order valence-corrected chi connectivity index (χ0v) is 20.0. The van der Waals surface area contributed by atoms with Crippen molar-refractivity contribution in [2.45, 2.75) is 39.9 Å². The molecule has 7 heteroatoms. The topological polar surface area (TPSA) is 79.8 Å². The van der Waals surface area contributed by atoms with Gasteiger partial charge in [0, 0.05) is 42.0 Å². The maximum atomic E-state index is 11.0. The van der Waals surface area contributed by atoms with Gasteiger partial charge >= 0.3 is 0 Å². The number of morpholine rings is 1. The molecular formula is C26H33N3O4. The number of H-pyrrole nitrogens is 1. The summed E-state index contributed by atoms with van der Waals surface area (Å²) in [5, 5.41) is 18.6. The van der Waals surface area contributed by atoms with Crippen LogP contribution in [0.5, 0.6) is 17.2 Å².